The standard InChI is InChI=1S/C19H28N2O3S/c1-5-12-20-18(22)15-10-13-21(14-11-15)25(23,24)17-8-6-16(7-9-17)19(2,3)4/h5-9,15H,1,10-14H2,2-4H3,(H,20,22). The van der Waals surface area contributed by atoms with Gasteiger partial charge in [-0.3, -0.25) is 4.79 Å². The predicted octanol–water partition coefficient (Wildman–Crippen LogP) is 2.69. The number of hydrogen-bond donors (Lipinski definition) is 1. The fraction of sp³-hybridized carbons (Fsp3) is 0.526. The van der Waals surface area contributed by atoms with E-state index in [2.05, 4.69) is 32.7 Å². The summed E-state index contributed by atoms with van der Waals surface area (Å²) in [4.78, 5) is 12.3. The highest BCUT2D eigenvalue weighted by Gasteiger charge is 2.32. The molecule has 0 atom stereocenters. The van der Waals surface area contributed by atoms with Crippen LogP contribution in [0, 0.1) is 5.92 Å². The van der Waals surface area contributed by atoms with E-state index in [1.54, 1.807) is 18.2 Å². The van der Waals surface area contributed by atoms with Crippen molar-refractivity contribution in [2.75, 3.05) is 19.6 Å². The number of hydrogen-bond acceptors (Lipinski definition) is 3. The molecule has 5 nitrogen and oxygen atoms in total. The Morgan fingerprint density at radius 3 is 2.28 bits per heavy atom. The summed E-state index contributed by atoms with van der Waals surface area (Å²) in [6, 6.07) is 7.11. The average Bonchev–Trinajstić information content (AvgIpc) is 2.59. The fourth-order valence-electron chi connectivity index (χ4n) is 2.95. The fourth-order valence-corrected chi connectivity index (χ4v) is 4.42. The van der Waals surface area contributed by atoms with Crippen molar-refractivity contribution < 1.29 is 13.2 Å². The second kappa shape index (κ2) is 7.70. The van der Waals surface area contributed by atoms with Gasteiger partial charge in [0.25, 0.3) is 0 Å². The average molecular weight is 365 g/mol. The molecule has 0 unspecified atom stereocenters. The van der Waals surface area contributed by atoms with Gasteiger partial charge in [-0.25, -0.2) is 8.42 Å². The third-order valence-electron chi connectivity index (χ3n) is 4.60. The molecule has 1 heterocycles. The highest BCUT2D eigenvalue weighted by Crippen LogP contribution is 2.27. The van der Waals surface area contributed by atoms with Crippen LogP contribution in [0.15, 0.2) is 41.8 Å². The van der Waals surface area contributed by atoms with Gasteiger partial charge in [0.15, 0.2) is 0 Å². The molecule has 1 aromatic rings. The van der Waals surface area contributed by atoms with Gasteiger partial charge in [-0.05, 0) is 36.0 Å². The quantitative estimate of drug-likeness (QED) is 0.817. The van der Waals surface area contributed by atoms with Crippen LogP contribution in [0.4, 0.5) is 0 Å². The third-order valence-corrected chi connectivity index (χ3v) is 6.52. The molecular weight excluding hydrogens is 336 g/mol. The lowest BCUT2D eigenvalue weighted by Gasteiger charge is -2.30. The molecule has 1 fully saturated rings. The normalized spacial score (nSPS) is 17.2. The summed E-state index contributed by atoms with van der Waals surface area (Å²) in [7, 11) is -3.50. The Balaban J connectivity index is 2.04. The minimum absolute atomic E-state index is 0.0144. The van der Waals surface area contributed by atoms with Crippen molar-refractivity contribution in [3.05, 3.63) is 42.5 Å². The van der Waals surface area contributed by atoms with E-state index >= 15 is 0 Å². The second-order valence-electron chi connectivity index (χ2n) is 7.49. The molecule has 0 aliphatic carbocycles. The van der Waals surface area contributed by atoms with Crippen LogP contribution in [0.2, 0.25) is 0 Å². The molecule has 0 bridgehead atoms. The van der Waals surface area contributed by atoms with E-state index in [0.717, 1.165) is 5.56 Å². The van der Waals surface area contributed by atoms with Crippen LogP contribution < -0.4 is 5.32 Å². The van der Waals surface area contributed by atoms with E-state index in [4.69, 9.17) is 0 Å². The maximum Gasteiger partial charge on any atom is 0.243 e. The number of sulfonamides is 1. The van der Waals surface area contributed by atoms with Crippen LogP contribution in [0.25, 0.3) is 0 Å². The summed E-state index contributed by atoms with van der Waals surface area (Å²) in [5, 5.41) is 2.78. The summed E-state index contributed by atoms with van der Waals surface area (Å²) < 4.78 is 27.1. The number of carbonyl (C=O) groups excluding carboxylic acids is 1. The summed E-state index contributed by atoms with van der Waals surface area (Å²) in [5.74, 6) is -0.152. The lowest BCUT2D eigenvalue weighted by atomic mass is 9.87. The van der Waals surface area contributed by atoms with Crippen LogP contribution >= 0.6 is 0 Å². The lowest BCUT2D eigenvalue weighted by Crippen LogP contribution is -2.43. The first-order valence-electron chi connectivity index (χ1n) is 8.65. The summed E-state index contributed by atoms with van der Waals surface area (Å²) >= 11 is 0. The van der Waals surface area contributed by atoms with Crippen molar-refractivity contribution in [2.24, 2.45) is 5.92 Å². The third kappa shape index (κ3) is 4.70. The maximum atomic E-state index is 12.8. The van der Waals surface area contributed by atoms with Crippen molar-refractivity contribution in [1.29, 1.82) is 0 Å². The molecule has 2 rings (SSSR count). The Labute approximate surface area is 151 Å². The first-order chi connectivity index (χ1) is 11.7. The van der Waals surface area contributed by atoms with Gasteiger partial charge in [0, 0.05) is 25.6 Å². The van der Waals surface area contributed by atoms with Crippen molar-refractivity contribution in [2.45, 2.75) is 43.9 Å². The first kappa shape index (κ1) is 19.7. The predicted molar refractivity (Wildman–Crippen MR) is 99.8 cm³/mol. The highest BCUT2D eigenvalue weighted by atomic mass is 32.2. The number of benzene rings is 1. The van der Waals surface area contributed by atoms with E-state index in [1.165, 1.54) is 4.31 Å². The van der Waals surface area contributed by atoms with Gasteiger partial charge in [0.2, 0.25) is 15.9 Å². The largest absolute Gasteiger partial charge is 0.352 e. The molecule has 138 valence electrons. The molecule has 1 saturated heterocycles. The summed E-state index contributed by atoms with van der Waals surface area (Å²) in [6.45, 7) is 11.0. The van der Waals surface area contributed by atoms with Gasteiger partial charge in [0.1, 0.15) is 0 Å². The smallest absolute Gasteiger partial charge is 0.243 e. The molecule has 1 amide bonds. The van der Waals surface area contributed by atoms with Crippen LogP contribution in [0.5, 0.6) is 0 Å². The van der Waals surface area contributed by atoms with Gasteiger partial charge in [-0.1, -0.05) is 39.0 Å². The number of rotatable bonds is 5. The molecule has 1 aliphatic heterocycles. The van der Waals surface area contributed by atoms with Crippen LogP contribution in [0.3, 0.4) is 0 Å². The van der Waals surface area contributed by atoms with E-state index in [1.807, 2.05) is 12.1 Å². The maximum absolute atomic E-state index is 12.8. The minimum atomic E-state index is -3.50. The van der Waals surface area contributed by atoms with Crippen LogP contribution in [0.1, 0.15) is 39.2 Å². The van der Waals surface area contributed by atoms with Crippen molar-refractivity contribution in [3.8, 4) is 0 Å². The Morgan fingerprint density at radius 1 is 1.24 bits per heavy atom. The van der Waals surface area contributed by atoms with Crippen molar-refractivity contribution >= 4 is 15.9 Å². The lowest BCUT2D eigenvalue weighted by molar-refractivity contribution is -0.125. The van der Waals surface area contributed by atoms with Crippen molar-refractivity contribution in [1.82, 2.24) is 9.62 Å². The number of nitrogens with one attached hydrogen (secondary N) is 1. The van der Waals surface area contributed by atoms with Gasteiger partial charge >= 0.3 is 0 Å². The van der Waals surface area contributed by atoms with E-state index in [-0.39, 0.29) is 17.2 Å². The van der Waals surface area contributed by atoms with Crippen LogP contribution in [-0.4, -0.2) is 38.3 Å². The van der Waals surface area contributed by atoms with E-state index in [9.17, 15) is 13.2 Å². The van der Waals surface area contributed by atoms with Gasteiger partial charge in [-0.2, -0.15) is 4.31 Å². The zero-order valence-corrected chi connectivity index (χ0v) is 16.1. The molecule has 0 radical (unpaired) electrons. The molecule has 0 saturated carbocycles. The molecule has 1 N–H and O–H groups in total. The number of amides is 1. The highest BCUT2D eigenvalue weighted by molar-refractivity contribution is 7.89. The molecule has 6 heteroatoms. The Kier molecular flexibility index (Phi) is 6.06. The number of nitrogens with zero attached hydrogens (tertiary/aromatic N) is 1. The zero-order chi connectivity index (χ0) is 18.7. The minimum Gasteiger partial charge on any atom is -0.352 e. The van der Waals surface area contributed by atoms with E-state index < -0.39 is 10.0 Å². The second-order valence-corrected chi connectivity index (χ2v) is 9.42. The molecule has 1 aliphatic rings. The van der Waals surface area contributed by atoms with Gasteiger partial charge in [0.05, 0.1) is 4.90 Å². The van der Waals surface area contributed by atoms with Crippen molar-refractivity contribution in [3.63, 3.8) is 0 Å². The number of piperidine rings is 1. The van der Waals surface area contributed by atoms with E-state index in [0.29, 0.717) is 37.4 Å². The Bertz CT molecular complexity index is 710. The number of carbonyl (C=O) groups is 1. The van der Waals surface area contributed by atoms with Gasteiger partial charge < -0.3 is 5.32 Å². The Hall–Kier alpha value is -1.66. The van der Waals surface area contributed by atoms with Gasteiger partial charge in [-0.15, -0.1) is 6.58 Å². The first-order valence-corrected chi connectivity index (χ1v) is 10.1. The summed E-state index contributed by atoms with van der Waals surface area (Å²) in [5.41, 5.74) is 1.09. The molecule has 0 aromatic heterocycles. The Morgan fingerprint density at radius 2 is 1.80 bits per heavy atom. The summed E-state index contributed by atoms with van der Waals surface area (Å²) in [6.07, 6.45) is 2.73. The molecule has 1 aromatic carbocycles. The topological polar surface area (TPSA) is 66.5 Å². The van der Waals surface area contributed by atoms with Crippen LogP contribution in [-0.2, 0) is 20.2 Å². The molecule has 25 heavy (non-hydrogen) atoms. The molecular formula is C19H28N2O3S. The SMILES string of the molecule is C=CCNC(=O)C1CCN(S(=O)(=O)c2ccc(C(C)(C)C)cc2)CC1. The monoisotopic (exact) mass is 364 g/mol. The zero-order valence-electron chi connectivity index (χ0n) is 15.3. The molecule has 0 spiro atoms.